The van der Waals surface area contributed by atoms with E-state index in [4.69, 9.17) is 21.1 Å². The number of carbonyl (C=O) groups excluding carboxylic acids is 2. The predicted octanol–water partition coefficient (Wildman–Crippen LogP) is 3.14. The highest BCUT2D eigenvalue weighted by Crippen LogP contribution is 2.37. The van der Waals surface area contributed by atoms with E-state index in [-0.39, 0.29) is 18.4 Å². The zero-order valence-electron chi connectivity index (χ0n) is 18.2. The zero-order chi connectivity index (χ0) is 22.5. The molecule has 0 atom stereocenters. The van der Waals surface area contributed by atoms with Crippen LogP contribution in [0.3, 0.4) is 0 Å². The van der Waals surface area contributed by atoms with E-state index in [0.717, 1.165) is 17.5 Å². The Morgan fingerprint density at radius 1 is 1.03 bits per heavy atom. The summed E-state index contributed by atoms with van der Waals surface area (Å²) in [6, 6.07) is 11.3. The summed E-state index contributed by atoms with van der Waals surface area (Å²) in [5.41, 5.74) is 2.70. The summed E-state index contributed by atoms with van der Waals surface area (Å²) < 4.78 is 11.3. The van der Waals surface area contributed by atoms with Gasteiger partial charge in [0, 0.05) is 44.7 Å². The molecular formula is C24H28ClN3O4. The quantitative estimate of drug-likeness (QED) is 0.746. The largest absolute Gasteiger partial charge is 0.490 e. The van der Waals surface area contributed by atoms with Crippen LogP contribution in [0.25, 0.3) is 0 Å². The molecule has 2 aliphatic heterocycles. The van der Waals surface area contributed by atoms with Crippen molar-refractivity contribution >= 4 is 29.1 Å². The van der Waals surface area contributed by atoms with Crippen molar-refractivity contribution in [3.8, 4) is 11.5 Å². The number of fused-ring (bicyclic) bond motifs is 1. The Morgan fingerprint density at radius 3 is 2.44 bits per heavy atom. The summed E-state index contributed by atoms with van der Waals surface area (Å²) in [6.45, 7) is 5.94. The van der Waals surface area contributed by atoms with Gasteiger partial charge in [-0.05, 0) is 18.1 Å². The fourth-order valence-electron chi connectivity index (χ4n) is 3.91. The standard InChI is InChI=1S/C24H28ClN3O4/c1-17-5-2-3-6-18(17)13-24(30)28-9-7-27(8-10-28)16-23(29)26-20-15-22-21(14-19(20)25)31-11-4-12-32-22/h2-3,5-6,14-15H,4,7-13,16H2,1H3,(H,26,29). The Labute approximate surface area is 193 Å². The van der Waals surface area contributed by atoms with E-state index in [2.05, 4.69) is 5.32 Å². The van der Waals surface area contributed by atoms with E-state index in [1.54, 1.807) is 12.1 Å². The summed E-state index contributed by atoms with van der Waals surface area (Å²) in [7, 11) is 0. The van der Waals surface area contributed by atoms with Gasteiger partial charge in [0.1, 0.15) is 0 Å². The molecule has 8 heteroatoms. The number of benzene rings is 2. The smallest absolute Gasteiger partial charge is 0.238 e. The fourth-order valence-corrected chi connectivity index (χ4v) is 4.11. The van der Waals surface area contributed by atoms with Crippen LogP contribution < -0.4 is 14.8 Å². The Balaban J connectivity index is 1.27. The first-order chi connectivity index (χ1) is 15.5. The van der Waals surface area contributed by atoms with Gasteiger partial charge in [-0.25, -0.2) is 0 Å². The van der Waals surface area contributed by atoms with E-state index < -0.39 is 0 Å². The molecule has 2 aliphatic rings. The summed E-state index contributed by atoms with van der Waals surface area (Å²) in [5, 5.41) is 3.28. The first-order valence-electron chi connectivity index (χ1n) is 10.9. The van der Waals surface area contributed by atoms with Crippen LogP contribution in [0, 0.1) is 6.92 Å². The third-order valence-corrected chi connectivity index (χ3v) is 6.12. The summed E-state index contributed by atoms with van der Waals surface area (Å²) >= 11 is 6.32. The predicted molar refractivity (Wildman–Crippen MR) is 124 cm³/mol. The molecule has 1 saturated heterocycles. The van der Waals surface area contributed by atoms with E-state index in [1.165, 1.54) is 0 Å². The monoisotopic (exact) mass is 457 g/mol. The molecule has 7 nitrogen and oxygen atoms in total. The minimum absolute atomic E-state index is 0.127. The second-order valence-electron chi connectivity index (χ2n) is 8.14. The lowest BCUT2D eigenvalue weighted by Crippen LogP contribution is -2.50. The second-order valence-corrected chi connectivity index (χ2v) is 8.54. The molecule has 170 valence electrons. The molecule has 0 aromatic heterocycles. The lowest BCUT2D eigenvalue weighted by molar-refractivity contribution is -0.132. The third kappa shape index (κ3) is 5.53. The Hall–Kier alpha value is -2.77. The van der Waals surface area contributed by atoms with Gasteiger partial charge in [0.15, 0.2) is 11.5 Å². The molecule has 2 aromatic rings. The number of hydrogen-bond donors (Lipinski definition) is 1. The highest BCUT2D eigenvalue weighted by Gasteiger charge is 2.23. The fraction of sp³-hybridized carbons (Fsp3) is 0.417. The van der Waals surface area contributed by atoms with Crippen LogP contribution in [0.4, 0.5) is 5.69 Å². The first kappa shape index (κ1) is 22.4. The molecule has 0 aliphatic carbocycles. The Morgan fingerprint density at radius 2 is 1.72 bits per heavy atom. The van der Waals surface area contributed by atoms with Crippen LogP contribution in [0.15, 0.2) is 36.4 Å². The molecule has 0 spiro atoms. The number of halogens is 1. The molecule has 2 amide bonds. The van der Waals surface area contributed by atoms with Gasteiger partial charge in [-0.15, -0.1) is 0 Å². The maximum Gasteiger partial charge on any atom is 0.238 e. The topological polar surface area (TPSA) is 71.1 Å². The van der Waals surface area contributed by atoms with Gasteiger partial charge in [-0.1, -0.05) is 35.9 Å². The van der Waals surface area contributed by atoms with E-state index in [0.29, 0.717) is 68.0 Å². The number of amides is 2. The molecule has 2 heterocycles. The summed E-state index contributed by atoms with van der Waals surface area (Å²) in [4.78, 5) is 29.2. The summed E-state index contributed by atoms with van der Waals surface area (Å²) in [6.07, 6.45) is 1.21. The van der Waals surface area contributed by atoms with Crippen molar-refractivity contribution in [3.63, 3.8) is 0 Å². The average Bonchev–Trinajstić information content (AvgIpc) is 3.01. The van der Waals surface area contributed by atoms with E-state index in [9.17, 15) is 9.59 Å². The third-order valence-electron chi connectivity index (χ3n) is 5.81. The minimum atomic E-state index is -0.152. The van der Waals surface area contributed by atoms with Crippen molar-refractivity contribution in [2.45, 2.75) is 19.8 Å². The molecule has 0 radical (unpaired) electrons. The van der Waals surface area contributed by atoms with Crippen LogP contribution in [0.5, 0.6) is 11.5 Å². The Bertz CT molecular complexity index is 989. The maximum atomic E-state index is 12.7. The van der Waals surface area contributed by atoms with Crippen molar-refractivity contribution in [2.75, 3.05) is 51.3 Å². The minimum Gasteiger partial charge on any atom is -0.490 e. The normalized spacial score (nSPS) is 16.4. The number of nitrogens with one attached hydrogen (secondary N) is 1. The molecule has 32 heavy (non-hydrogen) atoms. The second kappa shape index (κ2) is 10.2. The van der Waals surface area contributed by atoms with Gasteiger partial charge in [0.25, 0.3) is 0 Å². The van der Waals surface area contributed by atoms with Crippen LogP contribution in [0.2, 0.25) is 5.02 Å². The van der Waals surface area contributed by atoms with Crippen LogP contribution in [-0.2, 0) is 16.0 Å². The van der Waals surface area contributed by atoms with Gasteiger partial charge >= 0.3 is 0 Å². The molecule has 0 bridgehead atoms. The van der Waals surface area contributed by atoms with Crippen molar-refractivity contribution in [1.82, 2.24) is 9.80 Å². The number of rotatable bonds is 5. The van der Waals surface area contributed by atoms with E-state index in [1.807, 2.05) is 41.0 Å². The van der Waals surface area contributed by atoms with Crippen LogP contribution in [-0.4, -0.2) is 67.6 Å². The molecule has 2 aromatic carbocycles. The number of hydrogen-bond acceptors (Lipinski definition) is 5. The number of piperazine rings is 1. The van der Waals surface area contributed by atoms with Crippen LogP contribution in [0.1, 0.15) is 17.5 Å². The van der Waals surface area contributed by atoms with Crippen LogP contribution >= 0.6 is 11.6 Å². The lowest BCUT2D eigenvalue weighted by atomic mass is 10.1. The first-order valence-corrected chi connectivity index (χ1v) is 11.3. The maximum absolute atomic E-state index is 12.7. The van der Waals surface area contributed by atoms with Gasteiger partial charge in [-0.3, -0.25) is 14.5 Å². The molecular weight excluding hydrogens is 430 g/mol. The number of carbonyl (C=O) groups is 2. The zero-order valence-corrected chi connectivity index (χ0v) is 19.0. The lowest BCUT2D eigenvalue weighted by Gasteiger charge is -2.34. The number of nitrogens with zero attached hydrogens (tertiary/aromatic N) is 2. The number of aryl methyl sites for hydroxylation is 1. The highest BCUT2D eigenvalue weighted by atomic mass is 35.5. The van der Waals surface area contributed by atoms with Crippen molar-refractivity contribution in [2.24, 2.45) is 0 Å². The van der Waals surface area contributed by atoms with Crippen molar-refractivity contribution < 1.29 is 19.1 Å². The molecule has 1 N–H and O–H groups in total. The van der Waals surface area contributed by atoms with Gasteiger partial charge in [-0.2, -0.15) is 0 Å². The van der Waals surface area contributed by atoms with Crippen molar-refractivity contribution in [1.29, 1.82) is 0 Å². The van der Waals surface area contributed by atoms with Crippen molar-refractivity contribution in [3.05, 3.63) is 52.5 Å². The summed E-state index contributed by atoms with van der Waals surface area (Å²) in [5.74, 6) is 1.16. The Kier molecular flexibility index (Phi) is 7.17. The molecule has 0 saturated carbocycles. The molecule has 4 rings (SSSR count). The average molecular weight is 458 g/mol. The van der Waals surface area contributed by atoms with Gasteiger partial charge in [0.2, 0.25) is 11.8 Å². The number of anilines is 1. The number of ether oxygens (including phenoxy) is 2. The van der Waals surface area contributed by atoms with Gasteiger partial charge in [0.05, 0.1) is 36.9 Å². The SMILES string of the molecule is Cc1ccccc1CC(=O)N1CCN(CC(=O)Nc2cc3c(cc2Cl)OCCCO3)CC1. The molecule has 1 fully saturated rings. The molecule has 0 unspecified atom stereocenters. The van der Waals surface area contributed by atoms with E-state index >= 15 is 0 Å². The van der Waals surface area contributed by atoms with Gasteiger partial charge < -0.3 is 19.7 Å². The highest BCUT2D eigenvalue weighted by molar-refractivity contribution is 6.34.